The highest BCUT2D eigenvalue weighted by atomic mass is 16.2. The van der Waals surface area contributed by atoms with E-state index in [1.54, 1.807) is 30.2 Å². The zero-order valence-corrected chi connectivity index (χ0v) is 14.0. The first-order chi connectivity index (χ1) is 12.1. The van der Waals surface area contributed by atoms with Crippen LogP contribution in [0.1, 0.15) is 34.9 Å². The topological polar surface area (TPSA) is 83.9 Å². The normalized spacial score (nSPS) is 17.8. The first-order valence-corrected chi connectivity index (χ1v) is 8.39. The Morgan fingerprint density at radius 2 is 2.24 bits per heavy atom. The Kier molecular flexibility index (Phi) is 3.83. The van der Waals surface area contributed by atoms with Crippen LogP contribution in [0, 0.1) is 0 Å². The summed E-state index contributed by atoms with van der Waals surface area (Å²) in [5.41, 5.74) is 1.59. The maximum Gasteiger partial charge on any atom is 0.274 e. The molecule has 1 saturated heterocycles. The fourth-order valence-electron chi connectivity index (χ4n) is 3.44. The van der Waals surface area contributed by atoms with E-state index < -0.39 is 0 Å². The van der Waals surface area contributed by atoms with Crippen LogP contribution >= 0.6 is 0 Å². The Labute approximate surface area is 144 Å². The van der Waals surface area contributed by atoms with Crippen molar-refractivity contribution in [3.63, 3.8) is 0 Å². The number of nitrogens with zero attached hydrogens (tertiary/aromatic N) is 4. The molecule has 128 valence electrons. The number of hydrogen-bond acceptors (Lipinski definition) is 4. The minimum absolute atomic E-state index is 0.0601. The molecular formula is C18H19N5O2. The Hall–Kier alpha value is -2.96. The molecule has 0 saturated carbocycles. The summed E-state index contributed by atoms with van der Waals surface area (Å²) in [6, 6.07) is 7.42. The average molecular weight is 337 g/mol. The zero-order chi connectivity index (χ0) is 17.4. The van der Waals surface area contributed by atoms with E-state index in [0.29, 0.717) is 24.3 Å². The first-order valence-electron chi connectivity index (χ1n) is 8.39. The number of aryl methyl sites for hydroxylation is 1. The highest BCUT2D eigenvalue weighted by Gasteiger charge is 2.27. The van der Waals surface area contributed by atoms with Crippen LogP contribution in [0.2, 0.25) is 0 Å². The molecule has 3 aromatic heterocycles. The van der Waals surface area contributed by atoms with Gasteiger partial charge in [0.1, 0.15) is 11.2 Å². The molecule has 1 N–H and O–H groups in total. The van der Waals surface area contributed by atoms with Crippen molar-refractivity contribution in [2.75, 3.05) is 13.1 Å². The smallest absolute Gasteiger partial charge is 0.274 e. The highest BCUT2D eigenvalue weighted by Crippen LogP contribution is 2.27. The third-order valence-electron chi connectivity index (χ3n) is 4.70. The van der Waals surface area contributed by atoms with E-state index in [9.17, 15) is 9.59 Å². The van der Waals surface area contributed by atoms with Gasteiger partial charge in [-0.05, 0) is 31.0 Å². The monoisotopic (exact) mass is 337 g/mol. The van der Waals surface area contributed by atoms with Crippen molar-refractivity contribution in [2.24, 2.45) is 7.05 Å². The van der Waals surface area contributed by atoms with Crippen molar-refractivity contribution in [3.05, 3.63) is 58.4 Å². The lowest BCUT2D eigenvalue weighted by atomic mass is 9.93. The largest absolute Gasteiger partial charge is 0.337 e. The molecule has 0 bridgehead atoms. The average Bonchev–Trinajstić information content (AvgIpc) is 3.07. The number of amides is 1. The molecule has 4 rings (SSSR count). The van der Waals surface area contributed by atoms with E-state index in [1.807, 2.05) is 23.1 Å². The van der Waals surface area contributed by atoms with E-state index >= 15 is 0 Å². The number of pyridine rings is 2. The summed E-state index contributed by atoms with van der Waals surface area (Å²) in [7, 11) is 1.80. The molecule has 0 radical (unpaired) electrons. The van der Waals surface area contributed by atoms with Gasteiger partial charge in [0, 0.05) is 49.5 Å². The third kappa shape index (κ3) is 2.93. The Balaban J connectivity index is 1.61. The Bertz CT molecular complexity index is 990. The van der Waals surface area contributed by atoms with Crippen LogP contribution in [0.25, 0.3) is 10.9 Å². The number of rotatable bonds is 2. The van der Waals surface area contributed by atoms with Gasteiger partial charge in [0.05, 0.1) is 0 Å². The van der Waals surface area contributed by atoms with Crippen molar-refractivity contribution in [1.82, 2.24) is 24.6 Å². The van der Waals surface area contributed by atoms with Crippen molar-refractivity contribution >= 4 is 16.8 Å². The molecule has 1 atom stereocenters. The van der Waals surface area contributed by atoms with Crippen LogP contribution in [0.3, 0.4) is 0 Å². The molecule has 1 aliphatic rings. The van der Waals surface area contributed by atoms with Crippen LogP contribution in [-0.4, -0.2) is 43.6 Å². The van der Waals surface area contributed by atoms with Gasteiger partial charge < -0.3 is 9.88 Å². The second-order valence-electron chi connectivity index (χ2n) is 6.46. The second kappa shape index (κ2) is 6.16. The molecule has 4 heterocycles. The van der Waals surface area contributed by atoms with Crippen LogP contribution < -0.4 is 5.56 Å². The summed E-state index contributed by atoms with van der Waals surface area (Å²) in [6.45, 7) is 1.29. The number of fused-ring (bicyclic) bond motifs is 1. The minimum atomic E-state index is -0.179. The number of hydrogen-bond donors (Lipinski definition) is 1. The maximum absolute atomic E-state index is 12.6. The maximum atomic E-state index is 12.6. The summed E-state index contributed by atoms with van der Waals surface area (Å²) in [6.07, 6.45) is 5.22. The fourth-order valence-corrected chi connectivity index (χ4v) is 3.44. The fraction of sp³-hybridized carbons (Fsp3) is 0.333. The third-order valence-corrected chi connectivity index (χ3v) is 4.70. The molecule has 0 aliphatic carbocycles. The molecule has 0 aromatic carbocycles. The van der Waals surface area contributed by atoms with Crippen LogP contribution in [0.15, 0.2) is 41.5 Å². The van der Waals surface area contributed by atoms with Gasteiger partial charge in [-0.1, -0.05) is 6.07 Å². The van der Waals surface area contributed by atoms with Gasteiger partial charge in [-0.3, -0.25) is 19.3 Å². The van der Waals surface area contributed by atoms with Crippen molar-refractivity contribution in [1.29, 1.82) is 0 Å². The van der Waals surface area contributed by atoms with Gasteiger partial charge in [-0.25, -0.2) is 0 Å². The van der Waals surface area contributed by atoms with Gasteiger partial charge in [0.25, 0.3) is 11.5 Å². The van der Waals surface area contributed by atoms with Crippen LogP contribution in [0.5, 0.6) is 0 Å². The van der Waals surface area contributed by atoms with E-state index in [2.05, 4.69) is 15.1 Å². The number of carbonyl (C=O) groups excluding carboxylic acids is 1. The molecule has 0 spiro atoms. The summed E-state index contributed by atoms with van der Waals surface area (Å²) in [4.78, 5) is 33.8. The van der Waals surface area contributed by atoms with Crippen molar-refractivity contribution in [2.45, 2.75) is 18.8 Å². The zero-order valence-electron chi connectivity index (χ0n) is 14.0. The number of nitrogens with one attached hydrogen (secondary N) is 1. The lowest BCUT2D eigenvalue weighted by molar-refractivity contribution is 0.0699. The minimum Gasteiger partial charge on any atom is -0.337 e. The number of H-pyrrole nitrogens is 1. The molecule has 0 unspecified atom stereocenters. The summed E-state index contributed by atoms with van der Waals surface area (Å²) >= 11 is 0. The van der Waals surface area contributed by atoms with Gasteiger partial charge in [0.15, 0.2) is 0 Å². The lowest BCUT2D eigenvalue weighted by Gasteiger charge is -2.32. The highest BCUT2D eigenvalue weighted by molar-refractivity contribution is 5.92. The van der Waals surface area contributed by atoms with Crippen LogP contribution in [-0.2, 0) is 7.05 Å². The van der Waals surface area contributed by atoms with Gasteiger partial charge in [-0.2, -0.15) is 5.10 Å². The molecule has 1 fully saturated rings. The van der Waals surface area contributed by atoms with Crippen LogP contribution in [0.4, 0.5) is 0 Å². The lowest BCUT2D eigenvalue weighted by Crippen LogP contribution is -2.39. The number of aromatic amines is 1. The van der Waals surface area contributed by atoms with Crippen molar-refractivity contribution in [3.8, 4) is 0 Å². The first kappa shape index (κ1) is 15.6. The van der Waals surface area contributed by atoms with E-state index in [4.69, 9.17) is 0 Å². The summed E-state index contributed by atoms with van der Waals surface area (Å²) in [5, 5.41) is 5.03. The molecule has 3 aromatic rings. The standard InChI is InChI=1S/C18H19N5O2/c1-22-9-6-14(21-22)18(25)23-8-3-5-13(11-23)15-10-12-4-2-7-19-16(12)17(24)20-15/h2,4,6-7,9-10,13H,3,5,8,11H2,1H3,(H,20,24)/t13-/m1/s1. The van der Waals surface area contributed by atoms with E-state index in [0.717, 1.165) is 23.9 Å². The molecular weight excluding hydrogens is 318 g/mol. The summed E-state index contributed by atoms with van der Waals surface area (Å²) in [5.74, 6) is 0.0498. The molecule has 7 heteroatoms. The van der Waals surface area contributed by atoms with Gasteiger partial charge in [-0.15, -0.1) is 0 Å². The quantitative estimate of drug-likeness (QED) is 0.771. The predicted molar refractivity (Wildman–Crippen MR) is 93.5 cm³/mol. The number of aromatic nitrogens is 4. The number of carbonyl (C=O) groups is 1. The Morgan fingerprint density at radius 3 is 3.04 bits per heavy atom. The van der Waals surface area contributed by atoms with Crippen molar-refractivity contribution < 1.29 is 4.79 Å². The van der Waals surface area contributed by atoms with E-state index in [-0.39, 0.29) is 17.4 Å². The summed E-state index contributed by atoms with van der Waals surface area (Å²) < 4.78 is 1.63. The predicted octanol–water partition coefficient (Wildman–Crippen LogP) is 1.68. The molecule has 7 nitrogen and oxygen atoms in total. The Morgan fingerprint density at radius 1 is 1.36 bits per heavy atom. The second-order valence-corrected chi connectivity index (χ2v) is 6.46. The number of piperidine rings is 1. The molecule has 1 amide bonds. The van der Waals surface area contributed by atoms with E-state index in [1.165, 1.54) is 0 Å². The van der Waals surface area contributed by atoms with Gasteiger partial charge >= 0.3 is 0 Å². The molecule has 25 heavy (non-hydrogen) atoms. The molecule has 1 aliphatic heterocycles. The number of likely N-dealkylation sites (tertiary alicyclic amines) is 1. The SMILES string of the molecule is Cn1ccc(C(=O)N2CCC[C@@H](c3cc4cccnc4c(=O)[nH]3)C2)n1. The van der Waals surface area contributed by atoms with Gasteiger partial charge in [0.2, 0.25) is 0 Å².